The smallest absolute Gasteiger partial charge is 0.164 e. The zero-order chi connectivity index (χ0) is 33.3. The normalized spacial score (nSPS) is 14.0. The molecule has 0 saturated heterocycles. The molecule has 3 nitrogen and oxygen atoms in total. The van der Waals surface area contributed by atoms with E-state index in [2.05, 4.69) is 99.7 Å². The van der Waals surface area contributed by atoms with Gasteiger partial charge in [0.25, 0.3) is 0 Å². The molecule has 0 atom stereocenters. The molecule has 5 heteroatoms. The van der Waals surface area contributed by atoms with E-state index in [1.54, 1.807) is 0 Å². The summed E-state index contributed by atoms with van der Waals surface area (Å²) in [4.78, 5) is 16.4. The van der Waals surface area contributed by atoms with Gasteiger partial charge < -0.3 is 5.11 Å². The van der Waals surface area contributed by atoms with Crippen LogP contribution in [0.5, 0.6) is 0 Å². The average molecular weight is 815 g/mol. The van der Waals surface area contributed by atoms with Gasteiger partial charge in [-0.1, -0.05) is 125 Å². The van der Waals surface area contributed by atoms with Gasteiger partial charge in [0.05, 0.1) is 8.07 Å². The Hall–Kier alpha value is -3.63. The van der Waals surface area contributed by atoms with Crippen LogP contribution in [0.3, 0.4) is 0 Å². The molecule has 2 heterocycles. The number of benzene rings is 5. The van der Waals surface area contributed by atoms with Gasteiger partial charge in [-0.3, -0.25) is 9.78 Å². The largest absolute Gasteiger partial charge is 0.512 e. The van der Waals surface area contributed by atoms with E-state index in [4.69, 9.17) is 4.98 Å². The molecular weight excluding hydrogens is 771 g/mol. The fraction of sp³-hybridized carbons (Fsp3) is 0.286. The quantitative estimate of drug-likeness (QED) is 0.0592. The van der Waals surface area contributed by atoms with Crippen molar-refractivity contribution in [2.24, 2.45) is 10.8 Å². The van der Waals surface area contributed by atoms with Crippen molar-refractivity contribution >= 4 is 67.3 Å². The molecule has 1 aliphatic rings. The van der Waals surface area contributed by atoms with Gasteiger partial charge in [-0.15, -0.1) is 28.8 Å². The first-order valence-electron chi connectivity index (χ1n) is 16.2. The van der Waals surface area contributed by atoms with Crippen LogP contribution in [-0.4, -0.2) is 23.9 Å². The van der Waals surface area contributed by atoms with Gasteiger partial charge in [0.1, 0.15) is 5.76 Å². The van der Waals surface area contributed by atoms with E-state index in [0.717, 1.165) is 5.69 Å². The van der Waals surface area contributed by atoms with Crippen LogP contribution >= 0.6 is 0 Å². The summed E-state index contributed by atoms with van der Waals surface area (Å²) in [6.45, 7) is 20.5. The molecule has 0 bridgehead atoms. The molecular formula is C42H44IrNO2Si-. The van der Waals surface area contributed by atoms with Crippen LogP contribution in [0.2, 0.25) is 13.1 Å². The van der Waals surface area contributed by atoms with Crippen LogP contribution in [0.15, 0.2) is 84.8 Å². The Morgan fingerprint density at radius 2 is 1.45 bits per heavy atom. The second-order valence-corrected chi connectivity index (χ2v) is 19.8. The zero-order valence-electron chi connectivity index (χ0n) is 29.1. The standard InChI is InChI=1S/C31H24NSi.C11H20O2.Ir/c1-18-13-19(2)22-9-10-23-24-11-12-32-31-27-15-20-7-5-6-8-21(20)16-28(27)33(3,4)29(30(24)31)17-26(23)25(22)14-18;1-10(2,3)8(12)7-9(13)11(4,5)6;/h5-14,16-17H,1-4H3;7,12H,1-6H3;/q-1;;/b;8-7-;. The number of aryl methyl sites for hydroxylation is 2. The van der Waals surface area contributed by atoms with Crippen LogP contribution in [0.4, 0.5) is 0 Å². The molecule has 0 fully saturated rings. The van der Waals surface area contributed by atoms with Gasteiger partial charge in [-0.05, 0) is 57.8 Å². The molecule has 1 aromatic heterocycles. The minimum atomic E-state index is -1.98. The Morgan fingerprint density at radius 1 is 0.787 bits per heavy atom. The van der Waals surface area contributed by atoms with Crippen LogP contribution in [-0.2, 0) is 24.9 Å². The number of allylic oxidation sites excluding steroid dienone is 2. The first kappa shape index (κ1) is 34.7. The molecule has 1 N–H and O–H groups in total. The van der Waals surface area contributed by atoms with E-state index in [9.17, 15) is 9.90 Å². The Kier molecular flexibility index (Phi) is 8.94. The molecule has 1 aliphatic heterocycles. The first-order chi connectivity index (χ1) is 21.5. The van der Waals surface area contributed by atoms with Crippen molar-refractivity contribution in [3.05, 3.63) is 102 Å². The number of rotatable bonds is 1. The minimum absolute atomic E-state index is 0. The number of hydrogen-bond donors (Lipinski definition) is 1. The molecule has 0 amide bonds. The second kappa shape index (κ2) is 12.1. The maximum atomic E-state index is 11.5. The average Bonchev–Trinajstić information content (AvgIpc) is 2.98. The second-order valence-electron chi connectivity index (χ2n) is 15.5. The van der Waals surface area contributed by atoms with Crippen molar-refractivity contribution in [1.29, 1.82) is 0 Å². The number of nitrogens with zero attached hydrogens (tertiary/aromatic N) is 1. The van der Waals surface area contributed by atoms with Gasteiger partial charge in [0, 0.05) is 48.9 Å². The Morgan fingerprint density at radius 3 is 2.13 bits per heavy atom. The zero-order valence-corrected chi connectivity index (χ0v) is 32.5. The Labute approximate surface area is 293 Å². The maximum absolute atomic E-state index is 11.5. The van der Waals surface area contributed by atoms with Crippen molar-refractivity contribution in [3.63, 3.8) is 0 Å². The summed E-state index contributed by atoms with van der Waals surface area (Å²) in [5.74, 6) is 0.104. The summed E-state index contributed by atoms with van der Waals surface area (Å²) in [5.41, 5.74) is 4.20. The first-order valence-corrected chi connectivity index (χ1v) is 19.2. The summed E-state index contributed by atoms with van der Waals surface area (Å²) >= 11 is 0. The number of ketones is 1. The molecule has 243 valence electrons. The summed E-state index contributed by atoms with van der Waals surface area (Å²) in [6.07, 6.45) is 3.32. The molecule has 6 aromatic rings. The molecule has 0 aliphatic carbocycles. The van der Waals surface area contributed by atoms with Crippen LogP contribution in [0, 0.1) is 30.7 Å². The van der Waals surface area contributed by atoms with Crippen LogP contribution in [0.25, 0.3) is 54.3 Å². The van der Waals surface area contributed by atoms with E-state index >= 15 is 0 Å². The Bertz CT molecular complexity index is 2250. The monoisotopic (exact) mass is 815 g/mol. The van der Waals surface area contributed by atoms with Crippen molar-refractivity contribution < 1.29 is 30.0 Å². The van der Waals surface area contributed by atoms with Crippen LogP contribution in [0.1, 0.15) is 52.7 Å². The third-order valence-corrected chi connectivity index (χ3v) is 13.0. The predicted molar refractivity (Wildman–Crippen MR) is 199 cm³/mol. The number of aliphatic hydroxyl groups is 1. The third kappa shape index (κ3) is 6.10. The number of carbonyl (C=O) groups is 1. The van der Waals surface area contributed by atoms with Gasteiger partial charge in [0.15, 0.2) is 5.78 Å². The van der Waals surface area contributed by atoms with Gasteiger partial charge in [-0.2, -0.15) is 0 Å². The van der Waals surface area contributed by atoms with E-state index in [0.29, 0.717) is 0 Å². The van der Waals surface area contributed by atoms with E-state index in [1.807, 2.05) is 47.7 Å². The SMILES string of the molecule is CC(C)(C)C(=O)/C=C(\O)C(C)(C)C.Cc1cc(C)c2ccc3c4ccnc5c4c(cc3c2c1)[Si](C)(C)c1cc2ccccc2[c-]c1-5.[Ir]. The fourth-order valence-corrected chi connectivity index (χ4v) is 9.62. The number of aliphatic hydroxyl groups excluding tert-OH is 1. The van der Waals surface area contributed by atoms with E-state index in [1.165, 1.54) is 76.2 Å². The van der Waals surface area contributed by atoms with Crippen molar-refractivity contribution in [2.75, 3.05) is 0 Å². The summed E-state index contributed by atoms with van der Waals surface area (Å²) < 4.78 is 0. The molecule has 5 aromatic carbocycles. The molecule has 0 unspecified atom stereocenters. The van der Waals surface area contributed by atoms with Gasteiger partial charge in [-0.25, -0.2) is 0 Å². The Balaban J connectivity index is 0.000000267. The molecule has 1 radical (unpaired) electrons. The topological polar surface area (TPSA) is 50.2 Å². The van der Waals surface area contributed by atoms with Gasteiger partial charge in [0.2, 0.25) is 0 Å². The number of aromatic nitrogens is 1. The van der Waals surface area contributed by atoms with Crippen molar-refractivity contribution in [2.45, 2.75) is 68.5 Å². The summed E-state index contributed by atoms with van der Waals surface area (Å²) in [7, 11) is -1.98. The molecule has 7 rings (SSSR count). The number of pyridine rings is 1. The number of carbonyl (C=O) groups excluding carboxylic acids is 1. The van der Waals surface area contributed by atoms with E-state index < -0.39 is 13.5 Å². The third-order valence-electron chi connectivity index (χ3n) is 9.48. The predicted octanol–water partition coefficient (Wildman–Crippen LogP) is 10.0. The summed E-state index contributed by atoms with van der Waals surface area (Å²) in [6, 6.07) is 28.8. The van der Waals surface area contributed by atoms with E-state index in [-0.39, 0.29) is 37.1 Å². The van der Waals surface area contributed by atoms with Crippen molar-refractivity contribution in [3.8, 4) is 11.3 Å². The molecule has 0 saturated carbocycles. The minimum Gasteiger partial charge on any atom is -0.512 e. The maximum Gasteiger partial charge on any atom is 0.164 e. The number of hydrogen-bond acceptors (Lipinski definition) is 3. The fourth-order valence-electron chi connectivity index (χ4n) is 6.62. The van der Waals surface area contributed by atoms with Gasteiger partial charge >= 0.3 is 0 Å². The molecule has 47 heavy (non-hydrogen) atoms. The molecule has 0 spiro atoms. The van der Waals surface area contributed by atoms with Crippen LogP contribution < -0.4 is 10.4 Å². The van der Waals surface area contributed by atoms with Crippen molar-refractivity contribution in [1.82, 2.24) is 4.98 Å². The summed E-state index contributed by atoms with van der Waals surface area (Å²) in [5, 5.41) is 23.0. The number of fused-ring (bicyclic) bond motifs is 7.